The zero-order chi connectivity index (χ0) is 17.7. The Morgan fingerprint density at radius 1 is 1.21 bits per heavy atom. The molecule has 9 heteroatoms. The number of nitrogens with one attached hydrogen (secondary N) is 2. The number of anilines is 2. The summed E-state index contributed by atoms with van der Waals surface area (Å²) in [5.41, 5.74) is -0.160. The highest BCUT2D eigenvalue weighted by Gasteiger charge is 2.33. The third-order valence-corrected chi connectivity index (χ3v) is 3.58. The lowest BCUT2D eigenvalue weighted by Gasteiger charge is -2.15. The molecule has 0 bridgehead atoms. The van der Waals surface area contributed by atoms with Crippen molar-refractivity contribution in [3.8, 4) is 0 Å². The van der Waals surface area contributed by atoms with E-state index in [4.69, 9.17) is 5.11 Å². The van der Waals surface area contributed by atoms with Crippen LogP contribution < -0.4 is 10.6 Å². The lowest BCUT2D eigenvalue weighted by molar-refractivity contribution is -0.141. The summed E-state index contributed by atoms with van der Waals surface area (Å²) >= 11 is 3.32. The maximum atomic E-state index is 13.0. The van der Waals surface area contributed by atoms with Gasteiger partial charge in [0.1, 0.15) is 5.82 Å². The molecule has 24 heavy (non-hydrogen) atoms. The van der Waals surface area contributed by atoms with Gasteiger partial charge in [-0.3, -0.25) is 0 Å². The van der Waals surface area contributed by atoms with E-state index in [9.17, 15) is 13.2 Å². The SMILES string of the molecule is C[C@H](CO)Nc1nc(NCc2ccc(Br)cc2)cc(C(F)(F)F)n1. The van der Waals surface area contributed by atoms with Crippen LogP contribution in [0, 0.1) is 0 Å². The zero-order valence-corrected chi connectivity index (χ0v) is 14.3. The van der Waals surface area contributed by atoms with Crippen LogP contribution in [0.5, 0.6) is 0 Å². The molecular formula is C15H16BrF3N4O. The van der Waals surface area contributed by atoms with Gasteiger partial charge in [0.05, 0.1) is 6.61 Å². The van der Waals surface area contributed by atoms with E-state index in [0.29, 0.717) is 6.54 Å². The molecule has 2 aromatic rings. The zero-order valence-electron chi connectivity index (χ0n) is 12.7. The van der Waals surface area contributed by atoms with Gasteiger partial charge in [0.2, 0.25) is 5.95 Å². The summed E-state index contributed by atoms with van der Waals surface area (Å²) < 4.78 is 39.8. The highest BCUT2D eigenvalue weighted by Crippen LogP contribution is 2.29. The summed E-state index contributed by atoms with van der Waals surface area (Å²) in [6.07, 6.45) is -4.59. The first-order valence-electron chi connectivity index (χ1n) is 7.10. The summed E-state index contributed by atoms with van der Waals surface area (Å²) in [6, 6.07) is 7.76. The Morgan fingerprint density at radius 2 is 1.88 bits per heavy atom. The smallest absolute Gasteiger partial charge is 0.394 e. The molecule has 5 nitrogen and oxygen atoms in total. The first kappa shape index (κ1) is 18.5. The number of rotatable bonds is 6. The molecule has 2 rings (SSSR count). The van der Waals surface area contributed by atoms with Gasteiger partial charge >= 0.3 is 6.18 Å². The van der Waals surface area contributed by atoms with Crippen molar-refractivity contribution in [3.05, 3.63) is 46.1 Å². The minimum absolute atomic E-state index is 0.0490. The number of alkyl halides is 3. The molecular weight excluding hydrogens is 389 g/mol. The van der Waals surface area contributed by atoms with Crippen LogP contribution in [0.15, 0.2) is 34.8 Å². The lowest BCUT2D eigenvalue weighted by atomic mass is 10.2. The fraction of sp³-hybridized carbons (Fsp3) is 0.333. The van der Waals surface area contributed by atoms with Crippen LogP contribution in [0.1, 0.15) is 18.2 Å². The van der Waals surface area contributed by atoms with Gasteiger partial charge in [-0.1, -0.05) is 28.1 Å². The van der Waals surface area contributed by atoms with E-state index in [1.165, 1.54) is 0 Å². The molecule has 0 saturated heterocycles. The van der Waals surface area contributed by atoms with Gasteiger partial charge in [-0.15, -0.1) is 0 Å². The van der Waals surface area contributed by atoms with Gasteiger partial charge < -0.3 is 15.7 Å². The van der Waals surface area contributed by atoms with Crippen LogP contribution in [-0.4, -0.2) is 27.7 Å². The molecule has 0 aliphatic rings. The maximum absolute atomic E-state index is 13.0. The molecule has 0 unspecified atom stereocenters. The molecule has 0 spiro atoms. The van der Waals surface area contributed by atoms with Crippen molar-refractivity contribution in [2.45, 2.75) is 25.7 Å². The number of benzene rings is 1. The highest BCUT2D eigenvalue weighted by atomic mass is 79.9. The van der Waals surface area contributed by atoms with E-state index >= 15 is 0 Å². The van der Waals surface area contributed by atoms with E-state index in [1.54, 1.807) is 6.92 Å². The van der Waals surface area contributed by atoms with Crippen molar-refractivity contribution in [1.29, 1.82) is 0 Å². The predicted molar refractivity (Wildman–Crippen MR) is 88.7 cm³/mol. The molecule has 0 aliphatic heterocycles. The minimum Gasteiger partial charge on any atom is -0.394 e. The molecule has 1 heterocycles. The van der Waals surface area contributed by atoms with Crippen LogP contribution in [0.2, 0.25) is 0 Å². The normalized spacial score (nSPS) is 12.8. The van der Waals surface area contributed by atoms with Gasteiger partial charge in [0, 0.05) is 23.1 Å². The van der Waals surface area contributed by atoms with Gasteiger partial charge in [-0.25, -0.2) is 4.98 Å². The molecule has 1 aromatic heterocycles. The summed E-state index contributed by atoms with van der Waals surface area (Å²) in [4.78, 5) is 7.47. The summed E-state index contributed by atoms with van der Waals surface area (Å²) in [5, 5.41) is 14.5. The molecule has 0 radical (unpaired) electrons. The lowest BCUT2D eigenvalue weighted by Crippen LogP contribution is -2.22. The van der Waals surface area contributed by atoms with Crippen molar-refractivity contribution in [3.63, 3.8) is 0 Å². The molecule has 0 fully saturated rings. The number of hydrogen-bond donors (Lipinski definition) is 3. The number of aliphatic hydroxyl groups excluding tert-OH is 1. The predicted octanol–water partition coefficient (Wildman–Crippen LogP) is 3.66. The summed E-state index contributed by atoms with van der Waals surface area (Å²) in [7, 11) is 0. The second-order valence-corrected chi connectivity index (χ2v) is 6.08. The number of aromatic nitrogens is 2. The Balaban J connectivity index is 2.20. The average Bonchev–Trinajstić information content (AvgIpc) is 2.53. The quantitative estimate of drug-likeness (QED) is 0.685. The van der Waals surface area contributed by atoms with Crippen LogP contribution in [0.4, 0.5) is 24.9 Å². The molecule has 1 atom stereocenters. The topological polar surface area (TPSA) is 70.1 Å². The van der Waals surface area contributed by atoms with Gasteiger partial charge in [-0.05, 0) is 24.6 Å². The molecule has 1 aromatic carbocycles. The number of halogens is 4. The standard InChI is InChI=1S/C15H16BrF3N4O/c1-9(8-24)21-14-22-12(15(17,18)19)6-13(23-14)20-7-10-2-4-11(16)5-3-10/h2-6,9,24H,7-8H2,1H3,(H2,20,21,22,23)/t9-/m1/s1. The molecule has 0 aliphatic carbocycles. The van der Waals surface area contributed by atoms with Crippen LogP contribution >= 0.6 is 15.9 Å². The Kier molecular flexibility index (Phi) is 6.00. The second kappa shape index (κ2) is 7.80. The fourth-order valence-corrected chi connectivity index (χ4v) is 2.07. The molecule has 0 saturated carbocycles. The van der Waals surface area contributed by atoms with E-state index in [0.717, 1.165) is 16.1 Å². The van der Waals surface area contributed by atoms with E-state index < -0.39 is 17.9 Å². The maximum Gasteiger partial charge on any atom is 0.433 e. The van der Waals surface area contributed by atoms with Crippen molar-refractivity contribution in [1.82, 2.24) is 9.97 Å². The van der Waals surface area contributed by atoms with Crippen molar-refractivity contribution < 1.29 is 18.3 Å². The van der Waals surface area contributed by atoms with Crippen molar-refractivity contribution >= 4 is 27.7 Å². The Morgan fingerprint density at radius 3 is 2.46 bits per heavy atom. The fourth-order valence-electron chi connectivity index (χ4n) is 1.81. The minimum atomic E-state index is -4.59. The van der Waals surface area contributed by atoms with E-state index in [2.05, 4.69) is 36.5 Å². The Bertz CT molecular complexity index is 679. The van der Waals surface area contributed by atoms with Crippen LogP contribution in [0.3, 0.4) is 0 Å². The summed E-state index contributed by atoms with van der Waals surface area (Å²) in [6.45, 7) is 1.68. The third-order valence-electron chi connectivity index (χ3n) is 3.05. The highest BCUT2D eigenvalue weighted by molar-refractivity contribution is 9.10. The second-order valence-electron chi connectivity index (χ2n) is 5.17. The molecule has 130 valence electrons. The monoisotopic (exact) mass is 404 g/mol. The van der Waals surface area contributed by atoms with Gasteiger partial charge in [-0.2, -0.15) is 18.2 Å². The first-order valence-corrected chi connectivity index (χ1v) is 7.89. The first-order chi connectivity index (χ1) is 11.3. The molecule has 3 N–H and O–H groups in total. The number of nitrogens with zero attached hydrogens (tertiary/aromatic N) is 2. The van der Waals surface area contributed by atoms with Gasteiger partial charge in [0.15, 0.2) is 5.69 Å². The third kappa shape index (κ3) is 5.34. The Labute approximate surface area is 145 Å². The van der Waals surface area contributed by atoms with E-state index in [1.807, 2.05) is 24.3 Å². The number of aliphatic hydroxyl groups is 1. The van der Waals surface area contributed by atoms with Crippen molar-refractivity contribution in [2.75, 3.05) is 17.2 Å². The largest absolute Gasteiger partial charge is 0.433 e. The molecule has 0 amide bonds. The average molecular weight is 405 g/mol. The van der Waals surface area contributed by atoms with Crippen LogP contribution in [-0.2, 0) is 12.7 Å². The number of hydrogen-bond acceptors (Lipinski definition) is 5. The van der Waals surface area contributed by atoms with Crippen LogP contribution in [0.25, 0.3) is 0 Å². The van der Waals surface area contributed by atoms with Crippen molar-refractivity contribution in [2.24, 2.45) is 0 Å². The Hall–Kier alpha value is -1.87. The van der Waals surface area contributed by atoms with Gasteiger partial charge in [0.25, 0.3) is 0 Å². The van der Waals surface area contributed by atoms with E-state index in [-0.39, 0.29) is 18.4 Å². The summed E-state index contributed by atoms with van der Waals surface area (Å²) in [5.74, 6) is -0.141.